The Morgan fingerprint density at radius 3 is 2.19 bits per heavy atom. The molecule has 0 aromatic heterocycles. The van der Waals surface area contributed by atoms with Crippen LogP contribution in [0.15, 0.2) is 54.6 Å². The van der Waals surface area contributed by atoms with Gasteiger partial charge in [0.25, 0.3) is 0 Å². The Morgan fingerprint density at radius 2 is 1.50 bits per heavy atom. The van der Waals surface area contributed by atoms with Crippen molar-refractivity contribution >= 4 is 17.1 Å². The summed E-state index contributed by atoms with van der Waals surface area (Å²) < 4.78 is 0. The van der Waals surface area contributed by atoms with Gasteiger partial charge in [-0.25, -0.2) is 0 Å². The normalized spacial score (nSPS) is 9.88. The van der Waals surface area contributed by atoms with E-state index in [9.17, 15) is 0 Å². The van der Waals surface area contributed by atoms with Crippen molar-refractivity contribution in [3.05, 3.63) is 54.6 Å². The molecule has 2 nitrogen and oxygen atoms in total. The van der Waals surface area contributed by atoms with E-state index in [0.717, 1.165) is 11.4 Å². The van der Waals surface area contributed by atoms with Gasteiger partial charge in [0, 0.05) is 31.2 Å². The van der Waals surface area contributed by atoms with Crippen LogP contribution in [0.1, 0.15) is 0 Å². The average Bonchev–Trinajstić information content (AvgIpc) is 2.30. The number of rotatable bonds is 3. The van der Waals surface area contributed by atoms with E-state index in [0.29, 0.717) is 0 Å². The quantitative estimate of drug-likeness (QED) is 0.837. The summed E-state index contributed by atoms with van der Waals surface area (Å²) in [6, 6.07) is 18.5. The second kappa shape index (κ2) is 4.71. The fraction of sp³-hybridized carbons (Fsp3) is 0.143. The Kier molecular flexibility index (Phi) is 3.10. The molecule has 2 aromatic rings. The van der Waals surface area contributed by atoms with E-state index in [4.69, 9.17) is 0 Å². The molecule has 0 heterocycles. The van der Waals surface area contributed by atoms with Crippen LogP contribution in [-0.2, 0) is 0 Å². The Hall–Kier alpha value is -1.96. The predicted octanol–water partition coefficient (Wildman–Crippen LogP) is 3.50. The molecule has 0 fully saturated rings. The average molecular weight is 212 g/mol. The van der Waals surface area contributed by atoms with Crippen molar-refractivity contribution in [3.8, 4) is 0 Å². The van der Waals surface area contributed by atoms with Gasteiger partial charge in [0.2, 0.25) is 0 Å². The lowest BCUT2D eigenvalue weighted by Crippen LogP contribution is -2.08. The Labute approximate surface area is 96.5 Å². The molecule has 0 aliphatic heterocycles. The van der Waals surface area contributed by atoms with Gasteiger partial charge in [0.1, 0.15) is 0 Å². The van der Waals surface area contributed by atoms with Crippen LogP contribution in [-0.4, -0.2) is 14.1 Å². The summed E-state index contributed by atoms with van der Waals surface area (Å²) in [5.41, 5.74) is 3.41. The van der Waals surface area contributed by atoms with E-state index in [1.165, 1.54) is 5.69 Å². The predicted molar refractivity (Wildman–Crippen MR) is 70.5 cm³/mol. The summed E-state index contributed by atoms with van der Waals surface area (Å²) in [4.78, 5) is 2.09. The molecule has 0 atom stereocenters. The standard InChI is InChI=1S/C14H16N2/c1-16(2)14-10-6-9-13(11-14)15-12-7-4-3-5-8-12/h3-11,15H,1-2H3. The summed E-state index contributed by atoms with van der Waals surface area (Å²) in [6.07, 6.45) is 0. The zero-order valence-corrected chi connectivity index (χ0v) is 9.64. The van der Waals surface area contributed by atoms with Crippen LogP contribution in [0.4, 0.5) is 17.1 Å². The number of nitrogens with zero attached hydrogens (tertiary/aromatic N) is 1. The summed E-state index contributed by atoms with van der Waals surface area (Å²) >= 11 is 0. The number of nitrogens with one attached hydrogen (secondary N) is 1. The van der Waals surface area contributed by atoms with Crippen LogP contribution in [0.25, 0.3) is 0 Å². The van der Waals surface area contributed by atoms with Gasteiger partial charge in [-0.2, -0.15) is 0 Å². The third-order valence-electron chi connectivity index (χ3n) is 2.43. The Balaban J connectivity index is 2.19. The van der Waals surface area contributed by atoms with Crippen LogP contribution in [0.3, 0.4) is 0 Å². The van der Waals surface area contributed by atoms with Gasteiger partial charge < -0.3 is 10.2 Å². The second-order valence-corrected chi connectivity index (χ2v) is 3.94. The summed E-state index contributed by atoms with van der Waals surface area (Å²) in [7, 11) is 4.09. The monoisotopic (exact) mass is 212 g/mol. The van der Waals surface area contributed by atoms with E-state index in [-0.39, 0.29) is 0 Å². The highest BCUT2D eigenvalue weighted by atomic mass is 15.1. The SMILES string of the molecule is CN(C)c1cccc(Nc2ccccc2)c1. The van der Waals surface area contributed by atoms with Gasteiger partial charge in [-0.1, -0.05) is 24.3 Å². The van der Waals surface area contributed by atoms with E-state index >= 15 is 0 Å². The zero-order chi connectivity index (χ0) is 11.4. The van der Waals surface area contributed by atoms with Gasteiger partial charge in [-0.05, 0) is 30.3 Å². The highest BCUT2D eigenvalue weighted by Gasteiger charge is 1.97. The number of anilines is 3. The summed E-state index contributed by atoms with van der Waals surface area (Å²) in [6.45, 7) is 0. The topological polar surface area (TPSA) is 15.3 Å². The molecule has 2 heteroatoms. The van der Waals surface area contributed by atoms with Gasteiger partial charge in [0.05, 0.1) is 0 Å². The minimum absolute atomic E-state index is 1.11. The maximum atomic E-state index is 3.37. The van der Waals surface area contributed by atoms with E-state index < -0.39 is 0 Å². The van der Waals surface area contributed by atoms with Crippen molar-refractivity contribution in [3.63, 3.8) is 0 Å². The molecule has 2 aromatic carbocycles. The fourth-order valence-electron chi connectivity index (χ4n) is 1.55. The van der Waals surface area contributed by atoms with Crippen molar-refractivity contribution in [1.82, 2.24) is 0 Å². The fourth-order valence-corrected chi connectivity index (χ4v) is 1.55. The van der Waals surface area contributed by atoms with Crippen LogP contribution >= 0.6 is 0 Å². The van der Waals surface area contributed by atoms with Crippen molar-refractivity contribution in [1.29, 1.82) is 0 Å². The number of hydrogen-bond acceptors (Lipinski definition) is 2. The molecule has 0 spiro atoms. The minimum Gasteiger partial charge on any atom is -0.378 e. The molecular weight excluding hydrogens is 196 g/mol. The Bertz CT molecular complexity index is 449. The first kappa shape index (κ1) is 10.6. The maximum absolute atomic E-state index is 3.37. The number of benzene rings is 2. The van der Waals surface area contributed by atoms with Crippen molar-refractivity contribution in [2.75, 3.05) is 24.3 Å². The summed E-state index contributed by atoms with van der Waals surface area (Å²) in [5.74, 6) is 0. The maximum Gasteiger partial charge on any atom is 0.0405 e. The molecule has 0 unspecified atom stereocenters. The van der Waals surface area contributed by atoms with Crippen LogP contribution in [0, 0.1) is 0 Å². The van der Waals surface area contributed by atoms with E-state index in [2.05, 4.69) is 46.6 Å². The van der Waals surface area contributed by atoms with Crippen molar-refractivity contribution < 1.29 is 0 Å². The van der Waals surface area contributed by atoms with E-state index in [1.807, 2.05) is 32.3 Å². The van der Waals surface area contributed by atoms with Gasteiger partial charge in [-0.15, -0.1) is 0 Å². The third kappa shape index (κ3) is 2.54. The minimum atomic E-state index is 1.11. The highest BCUT2D eigenvalue weighted by molar-refractivity contribution is 5.64. The van der Waals surface area contributed by atoms with Crippen LogP contribution in [0.5, 0.6) is 0 Å². The molecule has 0 amide bonds. The molecule has 82 valence electrons. The summed E-state index contributed by atoms with van der Waals surface area (Å²) in [5, 5.41) is 3.37. The third-order valence-corrected chi connectivity index (χ3v) is 2.43. The van der Waals surface area contributed by atoms with Gasteiger partial charge in [0.15, 0.2) is 0 Å². The first-order valence-corrected chi connectivity index (χ1v) is 5.35. The van der Waals surface area contributed by atoms with Crippen LogP contribution in [0.2, 0.25) is 0 Å². The molecule has 0 saturated heterocycles. The number of para-hydroxylation sites is 1. The molecule has 0 aliphatic carbocycles. The van der Waals surface area contributed by atoms with Crippen molar-refractivity contribution in [2.24, 2.45) is 0 Å². The first-order valence-electron chi connectivity index (χ1n) is 5.35. The molecule has 2 rings (SSSR count). The molecule has 16 heavy (non-hydrogen) atoms. The molecule has 0 radical (unpaired) electrons. The van der Waals surface area contributed by atoms with Crippen LogP contribution < -0.4 is 10.2 Å². The lowest BCUT2D eigenvalue weighted by Gasteiger charge is -2.14. The van der Waals surface area contributed by atoms with Gasteiger partial charge >= 0.3 is 0 Å². The van der Waals surface area contributed by atoms with Gasteiger partial charge in [-0.3, -0.25) is 0 Å². The van der Waals surface area contributed by atoms with Crippen molar-refractivity contribution in [2.45, 2.75) is 0 Å². The number of hydrogen-bond donors (Lipinski definition) is 1. The highest BCUT2D eigenvalue weighted by Crippen LogP contribution is 2.20. The molecule has 1 N–H and O–H groups in total. The lowest BCUT2D eigenvalue weighted by atomic mass is 10.2. The second-order valence-electron chi connectivity index (χ2n) is 3.94. The molecular formula is C14H16N2. The molecule has 0 aliphatic rings. The lowest BCUT2D eigenvalue weighted by molar-refractivity contribution is 1.13. The smallest absolute Gasteiger partial charge is 0.0405 e. The zero-order valence-electron chi connectivity index (χ0n) is 9.64. The van der Waals surface area contributed by atoms with E-state index in [1.54, 1.807) is 0 Å². The first-order chi connectivity index (χ1) is 7.75. The molecule has 0 bridgehead atoms. The largest absolute Gasteiger partial charge is 0.378 e. The molecule has 0 saturated carbocycles. The Morgan fingerprint density at radius 1 is 0.812 bits per heavy atom.